The van der Waals surface area contributed by atoms with Crippen LogP contribution in [0.3, 0.4) is 0 Å². The fourth-order valence-electron chi connectivity index (χ4n) is 1.50. The van der Waals surface area contributed by atoms with Gasteiger partial charge < -0.3 is 4.74 Å². The van der Waals surface area contributed by atoms with Crippen LogP contribution >= 0.6 is 0 Å². The predicted octanol–water partition coefficient (Wildman–Crippen LogP) is 2.25. The third kappa shape index (κ3) is 3.64. The topological polar surface area (TPSA) is 64.3 Å². The monoisotopic (exact) mass is 272 g/mol. The van der Waals surface area contributed by atoms with Crippen LogP contribution in [-0.4, -0.2) is 12.0 Å². The molecule has 1 aromatic rings. The van der Waals surface area contributed by atoms with Crippen LogP contribution in [0.2, 0.25) is 0 Å². The normalized spacial score (nSPS) is 12.2. The third-order valence-electron chi connectivity index (χ3n) is 2.67. The van der Waals surface area contributed by atoms with Gasteiger partial charge in [0.05, 0.1) is 0 Å². The Morgan fingerprint density at radius 1 is 1.32 bits per heavy atom. The summed E-state index contributed by atoms with van der Waals surface area (Å²) in [7, 11) is 0. The van der Waals surface area contributed by atoms with Crippen molar-refractivity contribution in [2.75, 3.05) is 0 Å². The van der Waals surface area contributed by atoms with Gasteiger partial charge in [-0.1, -0.05) is 32.9 Å². The highest BCUT2D eigenvalue weighted by molar-refractivity contribution is 5.81. The van der Waals surface area contributed by atoms with Gasteiger partial charge in [0.1, 0.15) is 5.75 Å². The third-order valence-corrected chi connectivity index (χ3v) is 2.67. The fourth-order valence-corrected chi connectivity index (χ4v) is 1.50. The maximum atomic E-state index is 13.3. The molecule has 0 fully saturated rings. The first kappa shape index (κ1) is 15.4. The first-order chi connectivity index (χ1) is 8.58. The Kier molecular flexibility index (Phi) is 4.15. The summed E-state index contributed by atoms with van der Waals surface area (Å²) in [5.74, 6) is 2.93. The maximum absolute atomic E-state index is 13.3. The van der Waals surface area contributed by atoms with Gasteiger partial charge in [-0.25, -0.2) is 5.84 Å². The van der Waals surface area contributed by atoms with Gasteiger partial charge in [0, 0.05) is 0 Å². The summed E-state index contributed by atoms with van der Waals surface area (Å²) in [6.07, 6.45) is -4.00. The number of benzene rings is 1. The molecule has 0 heterocycles. The predicted molar refractivity (Wildman–Crippen MR) is 67.8 cm³/mol. The molecule has 0 aliphatic heterocycles. The van der Waals surface area contributed by atoms with Gasteiger partial charge in [-0.15, -0.1) is 0 Å². The Morgan fingerprint density at radius 3 is 2.32 bits per heavy atom. The van der Waals surface area contributed by atoms with Crippen LogP contribution in [0.1, 0.15) is 31.9 Å². The second-order valence-electron chi connectivity index (χ2n) is 5.32. The molecule has 0 unspecified atom stereocenters. The number of amides is 1. The quantitative estimate of drug-likeness (QED) is 0.504. The summed E-state index contributed by atoms with van der Waals surface area (Å²) >= 11 is 0. The molecule has 4 nitrogen and oxygen atoms in total. The molecule has 0 atom stereocenters. The van der Waals surface area contributed by atoms with Gasteiger partial charge >= 0.3 is 12.0 Å². The van der Waals surface area contributed by atoms with E-state index in [4.69, 9.17) is 0 Å². The Hall–Kier alpha value is -1.69. The molecule has 0 saturated heterocycles. The fraction of sp³-hybridized carbons (Fsp3) is 0.462. The number of hydrogen-bond donors (Lipinski definition) is 2. The van der Waals surface area contributed by atoms with E-state index in [1.807, 2.05) is 20.8 Å². The minimum absolute atomic E-state index is 0.0541. The van der Waals surface area contributed by atoms with Gasteiger partial charge in [0.15, 0.2) is 0 Å². The van der Waals surface area contributed by atoms with Gasteiger partial charge in [-0.05, 0) is 29.5 Å². The molecule has 0 bridgehead atoms. The van der Waals surface area contributed by atoms with Crippen molar-refractivity contribution in [3.05, 3.63) is 29.3 Å². The van der Waals surface area contributed by atoms with Crippen LogP contribution in [0.4, 0.5) is 8.78 Å². The highest BCUT2D eigenvalue weighted by Gasteiger charge is 2.42. The number of hydrogen-bond acceptors (Lipinski definition) is 3. The summed E-state index contributed by atoms with van der Waals surface area (Å²) in [5, 5.41) is 0. The first-order valence-corrected chi connectivity index (χ1v) is 5.77. The molecule has 19 heavy (non-hydrogen) atoms. The summed E-state index contributed by atoms with van der Waals surface area (Å²) in [4.78, 5) is 10.9. The van der Waals surface area contributed by atoms with Crippen molar-refractivity contribution in [2.45, 2.75) is 39.2 Å². The van der Waals surface area contributed by atoms with Crippen LogP contribution in [0.5, 0.6) is 5.75 Å². The van der Waals surface area contributed by atoms with Crippen molar-refractivity contribution in [3.63, 3.8) is 0 Å². The van der Waals surface area contributed by atoms with E-state index in [0.29, 0.717) is 5.56 Å². The molecule has 0 aliphatic rings. The summed E-state index contributed by atoms with van der Waals surface area (Å²) in [6.45, 7) is 7.68. The summed E-state index contributed by atoms with van der Waals surface area (Å²) in [6, 6.07) is 4.87. The summed E-state index contributed by atoms with van der Waals surface area (Å²) < 4.78 is 31.0. The highest BCUT2D eigenvalue weighted by Crippen LogP contribution is 2.30. The standard InChI is InChI=1S/C13H18F2N2O2/c1-8-7-9(12(2,3)4)5-6-10(8)19-13(14,15)11(18)17-16/h5-7H,16H2,1-4H3,(H,17,18). The van der Waals surface area contributed by atoms with Gasteiger partial charge in [0.25, 0.3) is 0 Å². The van der Waals surface area contributed by atoms with Crippen molar-refractivity contribution in [1.82, 2.24) is 5.43 Å². The lowest BCUT2D eigenvalue weighted by Crippen LogP contribution is -2.47. The molecule has 106 valence electrons. The number of ether oxygens (including phenoxy) is 1. The lowest BCUT2D eigenvalue weighted by molar-refractivity contribution is -0.193. The maximum Gasteiger partial charge on any atom is 0.483 e. The Morgan fingerprint density at radius 2 is 1.89 bits per heavy atom. The lowest BCUT2D eigenvalue weighted by atomic mass is 9.86. The molecule has 1 amide bonds. The smallest absolute Gasteiger partial charge is 0.425 e. The number of rotatable bonds is 3. The first-order valence-electron chi connectivity index (χ1n) is 5.77. The van der Waals surface area contributed by atoms with E-state index in [0.717, 1.165) is 5.56 Å². The molecule has 1 aromatic carbocycles. The summed E-state index contributed by atoms with van der Waals surface area (Å²) in [5.41, 5.74) is 2.78. The van der Waals surface area contributed by atoms with E-state index in [2.05, 4.69) is 10.6 Å². The minimum atomic E-state index is -4.00. The van der Waals surface area contributed by atoms with Crippen LogP contribution in [0, 0.1) is 6.92 Å². The molecule has 0 radical (unpaired) electrons. The molecule has 0 spiro atoms. The van der Waals surface area contributed by atoms with E-state index < -0.39 is 12.0 Å². The number of carbonyl (C=O) groups excluding carboxylic acids is 1. The average Bonchev–Trinajstić information content (AvgIpc) is 2.29. The van der Waals surface area contributed by atoms with Crippen molar-refractivity contribution in [1.29, 1.82) is 0 Å². The van der Waals surface area contributed by atoms with Crippen molar-refractivity contribution in [3.8, 4) is 5.75 Å². The average molecular weight is 272 g/mol. The van der Waals surface area contributed by atoms with Crippen LogP contribution in [0.15, 0.2) is 18.2 Å². The zero-order valence-electron chi connectivity index (χ0n) is 11.4. The van der Waals surface area contributed by atoms with E-state index in [1.165, 1.54) is 11.5 Å². The van der Waals surface area contributed by atoms with Crippen LogP contribution in [-0.2, 0) is 10.2 Å². The number of aryl methyl sites for hydroxylation is 1. The number of nitrogens with two attached hydrogens (primary N) is 1. The number of hydrazine groups is 1. The molecule has 0 saturated carbocycles. The van der Waals surface area contributed by atoms with E-state index in [-0.39, 0.29) is 11.2 Å². The van der Waals surface area contributed by atoms with E-state index in [9.17, 15) is 13.6 Å². The van der Waals surface area contributed by atoms with Crippen LogP contribution in [0.25, 0.3) is 0 Å². The molecule has 3 N–H and O–H groups in total. The Bertz CT molecular complexity index is 482. The molecule has 1 rings (SSSR count). The number of halogens is 2. The Balaban J connectivity index is 3.02. The van der Waals surface area contributed by atoms with Crippen molar-refractivity contribution in [2.24, 2.45) is 5.84 Å². The van der Waals surface area contributed by atoms with Crippen molar-refractivity contribution < 1.29 is 18.3 Å². The zero-order chi connectivity index (χ0) is 14.8. The molecule has 6 heteroatoms. The van der Waals surface area contributed by atoms with Gasteiger partial charge in [-0.3, -0.25) is 10.2 Å². The van der Waals surface area contributed by atoms with E-state index in [1.54, 1.807) is 19.1 Å². The largest absolute Gasteiger partial charge is 0.483 e. The number of alkyl halides is 2. The molecular weight excluding hydrogens is 254 g/mol. The molecule has 0 aromatic heterocycles. The van der Waals surface area contributed by atoms with Crippen LogP contribution < -0.4 is 16.0 Å². The number of carbonyl (C=O) groups is 1. The second kappa shape index (κ2) is 5.13. The lowest BCUT2D eigenvalue weighted by Gasteiger charge is -2.22. The number of nitrogens with one attached hydrogen (secondary N) is 1. The van der Waals surface area contributed by atoms with E-state index >= 15 is 0 Å². The molecule has 0 aliphatic carbocycles. The van der Waals surface area contributed by atoms with Crippen molar-refractivity contribution >= 4 is 5.91 Å². The molecular formula is C13H18F2N2O2. The van der Waals surface area contributed by atoms with Gasteiger partial charge in [-0.2, -0.15) is 8.78 Å². The SMILES string of the molecule is Cc1cc(C(C)(C)C)ccc1OC(F)(F)C(=O)NN. The minimum Gasteiger partial charge on any atom is -0.425 e. The van der Waals surface area contributed by atoms with Gasteiger partial charge in [0.2, 0.25) is 0 Å². The highest BCUT2D eigenvalue weighted by atomic mass is 19.3. The Labute approximate surface area is 110 Å². The zero-order valence-corrected chi connectivity index (χ0v) is 11.4. The second-order valence-corrected chi connectivity index (χ2v) is 5.32.